The molecule has 4 N–H and O–H groups in total. The van der Waals surface area contributed by atoms with Crippen LogP contribution in [0, 0.1) is 28.6 Å². The number of amides is 1. The summed E-state index contributed by atoms with van der Waals surface area (Å²) in [5.41, 5.74) is 2.40. The average Bonchev–Trinajstić information content (AvgIpc) is 3.11. The SMILES string of the molecule is C[C@@]12CC[C@H]3[C@H](CCC4=C/C(=N\OCC(=O)N[C@@H](CCC(=O)O)C(=O)O)CC[C@]43C)[C@@H]1CC[C@@H]2O. The van der Waals surface area contributed by atoms with E-state index in [2.05, 4.69) is 30.4 Å². The zero-order chi connectivity index (χ0) is 25.4. The molecular weight excluding hydrogens is 452 g/mol. The highest BCUT2D eigenvalue weighted by Crippen LogP contribution is 2.65. The minimum Gasteiger partial charge on any atom is -0.481 e. The Hall–Kier alpha value is -2.42. The van der Waals surface area contributed by atoms with Crippen LogP contribution in [0.5, 0.6) is 0 Å². The van der Waals surface area contributed by atoms with Gasteiger partial charge in [-0.3, -0.25) is 9.59 Å². The van der Waals surface area contributed by atoms with Gasteiger partial charge in [0, 0.05) is 6.42 Å². The number of aliphatic carboxylic acids is 2. The normalized spacial score (nSPS) is 37.9. The second-order valence-corrected chi connectivity index (χ2v) is 11.4. The molecular formula is C26H38N2O7. The van der Waals surface area contributed by atoms with Crippen molar-refractivity contribution in [1.29, 1.82) is 0 Å². The van der Waals surface area contributed by atoms with Gasteiger partial charge < -0.3 is 25.5 Å². The number of carboxylic acids is 2. The maximum atomic E-state index is 12.1. The minimum atomic E-state index is -1.28. The van der Waals surface area contributed by atoms with Crippen molar-refractivity contribution >= 4 is 23.6 Å². The lowest BCUT2D eigenvalue weighted by molar-refractivity contribution is -0.143. The highest BCUT2D eigenvalue weighted by molar-refractivity contribution is 5.96. The molecule has 4 rings (SSSR count). The van der Waals surface area contributed by atoms with Crippen molar-refractivity contribution in [2.24, 2.45) is 33.7 Å². The minimum absolute atomic E-state index is 0.0711. The van der Waals surface area contributed by atoms with Crippen molar-refractivity contribution in [2.45, 2.75) is 90.2 Å². The Morgan fingerprint density at radius 3 is 2.60 bits per heavy atom. The first-order valence-corrected chi connectivity index (χ1v) is 12.9. The molecule has 3 saturated carbocycles. The maximum Gasteiger partial charge on any atom is 0.326 e. The first-order valence-electron chi connectivity index (χ1n) is 12.9. The van der Waals surface area contributed by atoms with E-state index in [4.69, 9.17) is 15.1 Å². The number of carbonyl (C=O) groups excluding carboxylic acids is 1. The van der Waals surface area contributed by atoms with Crippen LogP contribution in [0.15, 0.2) is 16.8 Å². The predicted molar refractivity (Wildman–Crippen MR) is 128 cm³/mol. The summed E-state index contributed by atoms with van der Waals surface area (Å²) in [5.74, 6) is -1.16. The van der Waals surface area contributed by atoms with Gasteiger partial charge in [0.15, 0.2) is 6.61 Å². The largest absolute Gasteiger partial charge is 0.481 e. The standard InChI is InChI=1S/C26H38N2O7/c1-25-11-9-16(28-35-14-22(30)27-20(24(33)34)6-8-23(31)32)13-15(25)3-4-17-18-5-7-21(29)26(18,2)12-10-19(17)25/h13,17-21,29H,3-12,14H2,1-2H3,(H,27,30)(H,31,32)(H,33,34)/b28-16-/t17-,18+,19+,20+,21+,25-,26-/m1/s1. The molecule has 4 aliphatic carbocycles. The summed E-state index contributed by atoms with van der Waals surface area (Å²) in [6, 6.07) is -1.28. The molecule has 0 bridgehead atoms. The zero-order valence-corrected chi connectivity index (χ0v) is 20.7. The summed E-state index contributed by atoms with van der Waals surface area (Å²) in [6.45, 7) is 4.26. The van der Waals surface area contributed by atoms with Crippen LogP contribution in [0.25, 0.3) is 0 Å². The number of oxime groups is 1. The molecule has 0 saturated heterocycles. The van der Waals surface area contributed by atoms with Crippen LogP contribution in [0.4, 0.5) is 0 Å². The van der Waals surface area contributed by atoms with E-state index in [0.717, 1.165) is 57.1 Å². The number of aliphatic hydroxyl groups is 1. The van der Waals surface area contributed by atoms with Gasteiger partial charge in [0.25, 0.3) is 5.91 Å². The molecule has 0 aromatic carbocycles. The number of hydrogen-bond donors (Lipinski definition) is 4. The van der Waals surface area contributed by atoms with E-state index < -0.39 is 30.5 Å². The second kappa shape index (κ2) is 9.91. The van der Waals surface area contributed by atoms with Crippen LogP contribution in [-0.2, 0) is 19.2 Å². The van der Waals surface area contributed by atoms with Crippen molar-refractivity contribution in [3.63, 3.8) is 0 Å². The quantitative estimate of drug-likeness (QED) is 0.382. The topological polar surface area (TPSA) is 146 Å². The zero-order valence-electron chi connectivity index (χ0n) is 20.7. The smallest absolute Gasteiger partial charge is 0.326 e. The molecule has 0 spiro atoms. The van der Waals surface area contributed by atoms with E-state index in [1.165, 1.54) is 5.57 Å². The van der Waals surface area contributed by atoms with Crippen molar-refractivity contribution in [1.82, 2.24) is 5.32 Å². The second-order valence-electron chi connectivity index (χ2n) is 11.4. The fourth-order valence-electron chi connectivity index (χ4n) is 7.55. The van der Waals surface area contributed by atoms with E-state index in [9.17, 15) is 19.5 Å². The number of fused-ring (bicyclic) bond motifs is 5. The molecule has 194 valence electrons. The van der Waals surface area contributed by atoms with Crippen LogP contribution in [0.3, 0.4) is 0 Å². The highest BCUT2D eigenvalue weighted by Gasteiger charge is 2.58. The van der Waals surface area contributed by atoms with Gasteiger partial charge in [-0.15, -0.1) is 0 Å². The number of hydrogen-bond acceptors (Lipinski definition) is 6. The molecule has 9 heteroatoms. The number of aliphatic hydroxyl groups excluding tert-OH is 1. The molecule has 3 fully saturated rings. The molecule has 0 unspecified atom stereocenters. The molecule has 35 heavy (non-hydrogen) atoms. The molecule has 0 aromatic heterocycles. The van der Waals surface area contributed by atoms with E-state index in [1.54, 1.807) is 0 Å². The summed E-state index contributed by atoms with van der Waals surface area (Å²) < 4.78 is 0. The molecule has 1 amide bonds. The van der Waals surface area contributed by atoms with E-state index in [0.29, 0.717) is 17.8 Å². The van der Waals surface area contributed by atoms with Crippen molar-refractivity contribution in [3.05, 3.63) is 11.6 Å². The molecule has 4 aliphatic rings. The Balaban J connectivity index is 1.35. The molecule has 0 aromatic rings. The maximum absolute atomic E-state index is 12.1. The first-order chi connectivity index (χ1) is 16.5. The molecule has 0 aliphatic heterocycles. The average molecular weight is 491 g/mol. The van der Waals surface area contributed by atoms with Gasteiger partial charge in [-0.1, -0.05) is 24.6 Å². The van der Waals surface area contributed by atoms with Gasteiger partial charge in [0.2, 0.25) is 0 Å². The monoisotopic (exact) mass is 490 g/mol. The lowest BCUT2D eigenvalue weighted by Crippen LogP contribution is -2.51. The third-order valence-electron chi connectivity index (χ3n) is 9.58. The van der Waals surface area contributed by atoms with Crippen LogP contribution in [-0.4, -0.2) is 57.6 Å². The van der Waals surface area contributed by atoms with Crippen molar-refractivity contribution < 1.29 is 34.5 Å². The summed E-state index contributed by atoms with van der Waals surface area (Å²) in [4.78, 5) is 39.2. The van der Waals surface area contributed by atoms with Crippen molar-refractivity contribution in [2.75, 3.05) is 6.61 Å². The molecule has 9 nitrogen and oxygen atoms in total. The van der Waals surface area contributed by atoms with Crippen LogP contribution in [0.2, 0.25) is 0 Å². The number of allylic oxidation sites excluding steroid dienone is 2. The number of nitrogens with one attached hydrogen (secondary N) is 1. The summed E-state index contributed by atoms with van der Waals surface area (Å²) in [7, 11) is 0. The van der Waals surface area contributed by atoms with Gasteiger partial charge in [0.1, 0.15) is 6.04 Å². The molecule has 7 atom stereocenters. The Kier molecular flexibility index (Phi) is 7.27. The fourth-order valence-corrected chi connectivity index (χ4v) is 7.55. The van der Waals surface area contributed by atoms with Crippen LogP contribution >= 0.6 is 0 Å². The summed E-state index contributed by atoms with van der Waals surface area (Å²) >= 11 is 0. The Morgan fingerprint density at radius 1 is 1.11 bits per heavy atom. The van der Waals surface area contributed by atoms with Gasteiger partial charge in [-0.05, 0) is 92.4 Å². The Labute approximate surface area is 206 Å². The highest BCUT2D eigenvalue weighted by atomic mass is 16.6. The third kappa shape index (κ3) is 4.97. The third-order valence-corrected chi connectivity index (χ3v) is 9.58. The number of nitrogens with zero attached hydrogens (tertiary/aromatic N) is 1. The first kappa shape index (κ1) is 25.7. The lowest BCUT2D eigenvalue weighted by atomic mass is 9.47. The van der Waals surface area contributed by atoms with E-state index in [-0.39, 0.29) is 29.8 Å². The Bertz CT molecular complexity index is 931. The lowest BCUT2D eigenvalue weighted by Gasteiger charge is -2.57. The molecule has 0 radical (unpaired) electrons. The van der Waals surface area contributed by atoms with Crippen LogP contribution < -0.4 is 5.32 Å². The predicted octanol–water partition coefficient (Wildman–Crippen LogP) is 3.12. The number of carbonyl (C=O) groups is 3. The van der Waals surface area contributed by atoms with Gasteiger partial charge in [0.05, 0.1) is 11.8 Å². The number of rotatable bonds is 8. The van der Waals surface area contributed by atoms with Crippen molar-refractivity contribution in [3.8, 4) is 0 Å². The van der Waals surface area contributed by atoms with Gasteiger partial charge >= 0.3 is 11.9 Å². The molecule has 0 heterocycles. The van der Waals surface area contributed by atoms with Gasteiger partial charge in [-0.25, -0.2) is 4.79 Å². The summed E-state index contributed by atoms with van der Waals surface area (Å²) in [6.07, 6.45) is 9.61. The summed E-state index contributed by atoms with van der Waals surface area (Å²) in [5, 5.41) is 35.0. The fraction of sp³-hybridized carbons (Fsp3) is 0.769. The Morgan fingerprint density at radius 2 is 1.89 bits per heavy atom. The van der Waals surface area contributed by atoms with E-state index in [1.807, 2.05) is 0 Å². The van der Waals surface area contributed by atoms with E-state index >= 15 is 0 Å². The van der Waals surface area contributed by atoms with Crippen LogP contribution in [0.1, 0.15) is 78.1 Å². The number of carboxylic acid groups (broad SMARTS) is 2. The van der Waals surface area contributed by atoms with Gasteiger partial charge in [-0.2, -0.15) is 0 Å².